The predicted octanol–water partition coefficient (Wildman–Crippen LogP) is 1.59. The fraction of sp³-hybridized carbons (Fsp3) is 0.417. The van der Waals surface area contributed by atoms with E-state index in [0.717, 1.165) is 12.0 Å². The first-order valence-electron chi connectivity index (χ1n) is 4.90. The van der Waals surface area contributed by atoms with Crippen LogP contribution in [0.25, 0.3) is 0 Å². The van der Waals surface area contributed by atoms with E-state index in [0.29, 0.717) is 6.42 Å². The normalized spacial score (nSPS) is 26.0. The molecule has 0 aromatic heterocycles. The summed E-state index contributed by atoms with van der Waals surface area (Å²) >= 11 is 0. The van der Waals surface area contributed by atoms with Crippen molar-refractivity contribution in [2.45, 2.75) is 25.2 Å². The molecule has 0 saturated heterocycles. The molecule has 0 radical (unpaired) electrons. The van der Waals surface area contributed by atoms with E-state index >= 15 is 0 Å². The second-order valence-corrected chi connectivity index (χ2v) is 4.03. The molecule has 1 aromatic rings. The number of Topliss-reactive ketones (excluding diaryl/α,β-unsaturated/α-hetero) is 1. The molecule has 1 aromatic carbocycles. The topological polar surface area (TPSA) is 37.3 Å². The van der Waals surface area contributed by atoms with Crippen molar-refractivity contribution in [1.82, 2.24) is 0 Å². The Labute approximate surface area is 83.6 Å². The summed E-state index contributed by atoms with van der Waals surface area (Å²) in [6, 6.07) is 7.86. The van der Waals surface area contributed by atoms with E-state index in [-0.39, 0.29) is 12.4 Å². The van der Waals surface area contributed by atoms with Gasteiger partial charge in [-0.15, -0.1) is 0 Å². The van der Waals surface area contributed by atoms with Crippen molar-refractivity contribution in [3.63, 3.8) is 0 Å². The monoisotopic (exact) mass is 190 g/mol. The SMILES string of the molecule is Cc1ccc(C2(CO)CCC2=O)cc1. The molecule has 1 unspecified atom stereocenters. The van der Waals surface area contributed by atoms with E-state index in [4.69, 9.17) is 0 Å². The van der Waals surface area contributed by atoms with Crippen LogP contribution >= 0.6 is 0 Å². The third-order valence-electron chi connectivity index (χ3n) is 3.19. The van der Waals surface area contributed by atoms with Crippen LogP contribution in [0.15, 0.2) is 24.3 Å². The van der Waals surface area contributed by atoms with Crippen molar-refractivity contribution >= 4 is 5.78 Å². The first-order valence-corrected chi connectivity index (χ1v) is 4.90. The third-order valence-corrected chi connectivity index (χ3v) is 3.19. The molecule has 1 fully saturated rings. The van der Waals surface area contributed by atoms with Crippen LogP contribution < -0.4 is 0 Å². The molecule has 0 bridgehead atoms. The minimum atomic E-state index is -0.576. The average Bonchev–Trinajstić information content (AvgIpc) is 2.20. The summed E-state index contributed by atoms with van der Waals surface area (Å²) in [5.41, 5.74) is 1.56. The predicted molar refractivity (Wildman–Crippen MR) is 54.2 cm³/mol. The van der Waals surface area contributed by atoms with Crippen LogP contribution in [0, 0.1) is 6.92 Å². The second kappa shape index (κ2) is 3.21. The summed E-state index contributed by atoms with van der Waals surface area (Å²) in [7, 11) is 0. The van der Waals surface area contributed by atoms with Gasteiger partial charge in [-0.1, -0.05) is 29.8 Å². The maximum atomic E-state index is 11.5. The van der Waals surface area contributed by atoms with Crippen LogP contribution in [0.4, 0.5) is 0 Å². The molecule has 1 aliphatic rings. The van der Waals surface area contributed by atoms with Gasteiger partial charge in [-0.3, -0.25) is 4.79 Å². The first kappa shape index (κ1) is 9.41. The number of carbonyl (C=O) groups excluding carboxylic acids is 1. The summed E-state index contributed by atoms with van der Waals surface area (Å²) in [5, 5.41) is 9.31. The van der Waals surface area contributed by atoms with Crippen LogP contribution in [0.1, 0.15) is 24.0 Å². The van der Waals surface area contributed by atoms with Crippen molar-refractivity contribution in [3.05, 3.63) is 35.4 Å². The Hall–Kier alpha value is -1.15. The molecular weight excluding hydrogens is 176 g/mol. The molecule has 2 nitrogen and oxygen atoms in total. The van der Waals surface area contributed by atoms with Gasteiger partial charge in [-0.2, -0.15) is 0 Å². The largest absolute Gasteiger partial charge is 0.395 e. The average molecular weight is 190 g/mol. The molecule has 1 N–H and O–H groups in total. The van der Waals surface area contributed by atoms with Gasteiger partial charge in [0, 0.05) is 6.42 Å². The smallest absolute Gasteiger partial charge is 0.145 e. The number of ketones is 1. The van der Waals surface area contributed by atoms with E-state index in [9.17, 15) is 9.90 Å². The van der Waals surface area contributed by atoms with E-state index < -0.39 is 5.41 Å². The highest BCUT2D eigenvalue weighted by molar-refractivity contribution is 5.96. The summed E-state index contributed by atoms with van der Waals surface area (Å²) in [6.07, 6.45) is 1.39. The van der Waals surface area contributed by atoms with Gasteiger partial charge in [-0.05, 0) is 18.9 Å². The van der Waals surface area contributed by atoms with Crippen LogP contribution in [0.5, 0.6) is 0 Å². The van der Waals surface area contributed by atoms with Gasteiger partial charge in [0.15, 0.2) is 0 Å². The van der Waals surface area contributed by atoms with Gasteiger partial charge in [0.2, 0.25) is 0 Å². The number of benzene rings is 1. The lowest BCUT2D eigenvalue weighted by molar-refractivity contribution is -0.134. The van der Waals surface area contributed by atoms with E-state index in [1.54, 1.807) is 0 Å². The van der Waals surface area contributed by atoms with Gasteiger partial charge in [0.25, 0.3) is 0 Å². The summed E-state index contributed by atoms with van der Waals surface area (Å²) in [6.45, 7) is 1.95. The quantitative estimate of drug-likeness (QED) is 0.769. The van der Waals surface area contributed by atoms with Crippen molar-refractivity contribution in [2.24, 2.45) is 0 Å². The van der Waals surface area contributed by atoms with Gasteiger partial charge in [-0.25, -0.2) is 0 Å². The second-order valence-electron chi connectivity index (χ2n) is 4.03. The van der Waals surface area contributed by atoms with Crippen molar-refractivity contribution in [3.8, 4) is 0 Å². The lowest BCUT2D eigenvalue weighted by Crippen LogP contribution is -2.48. The number of aliphatic hydroxyl groups excluding tert-OH is 1. The molecular formula is C12H14O2. The van der Waals surface area contributed by atoms with Gasteiger partial charge in [0.1, 0.15) is 5.78 Å². The first-order chi connectivity index (χ1) is 6.69. The van der Waals surface area contributed by atoms with Crippen LogP contribution in [0.2, 0.25) is 0 Å². The minimum absolute atomic E-state index is 0.0606. The summed E-state index contributed by atoms with van der Waals surface area (Å²) in [4.78, 5) is 11.5. The molecule has 0 amide bonds. The lowest BCUT2D eigenvalue weighted by Gasteiger charge is -2.38. The maximum Gasteiger partial charge on any atom is 0.145 e. The molecule has 2 heteroatoms. The lowest BCUT2D eigenvalue weighted by atomic mass is 9.64. The standard InChI is InChI=1S/C12H14O2/c1-9-2-4-10(5-3-9)12(8-13)7-6-11(12)14/h2-5,13H,6-8H2,1H3. The van der Waals surface area contributed by atoms with Crippen LogP contribution in [0.3, 0.4) is 0 Å². The fourth-order valence-electron chi connectivity index (χ4n) is 1.97. The Kier molecular flexibility index (Phi) is 2.16. The number of hydrogen-bond acceptors (Lipinski definition) is 2. The summed E-state index contributed by atoms with van der Waals surface area (Å²) in [5.74, 6) is 0.170. The highest BCUT2D eigenvalue weighted by atomic mass is 16.3. The third kappa shape index (κ3) is 1.18. The molecule has 74 valence electrons. The minimum Gasteiger partial charge on any atom is -0.395 e. The number of carbonyl (C=O) groups is 1. The van der Waals surface area contributed by atoms with E-state index in [1.807, 2.05) is 31.2 Å². The van der Waals surface area contributed by atoms with Gasteiger partial charge < -0.3 is 5.11 Å². The number of rotatable bonds is 2. The Bertz CT molecular complexity index is 349. The zero-order chi connectivity index (χ0) is 10.2. The Morgan fingerprint density at radius 3 is 2.36 bits per heavy atom. The van der Waals surface area contributed by atoms with Crippen LogP contribution in [-0.2, 0) is 10.2 Å². The molecule has 0 heterocycles. The molecule has 2 rings (SSSR count). The molecule has 1 saturated carbocycles. The number of aliphatic hydroxyl groups is 1. The van der Waals surface area contributed by atoms with Crippen molar-refractivity contribution in [2.75, 3.05) is 6.61 Å². The Morgan fingerprint density at radius 2 is 2.00 bits per heavy atom. The van der Waals surface area contributed by atoms with Gasteiger partial charge in [0.05, 0.1) is 12.0 Å². The fourth-order valence-corrected chi connectivity index (χ4v) is 1.97. The molecule has 0 aliphatic heterocycles. The number of hydrogen-bond donors (Lipinski definition) is 1. The van der Waals surface area contributed by atoms with E-state index in [2.05, 4.69) is 0 Å². The highest BCUT2D eigenvalue weighted by Crippen LogP contribution is 2.39. The molecule has 1 aliphatic carbocycles. The van der Waals surface area contributed by atoms with E-state index in [1.165, 1.54) is 5.56 Å². The molecule has 14 heavy (non-hydrogen) atoms. The summed E-state index contributed by atoms with van der Waals surface area (Å²) < 4.78 is 0. The zero-order valence-electron chi connectivity index (χ0n) is 8.29. The van der Waals surface area contributed by atoms with Crippen LogP contribution in [-0.4, -0.2) is 17.5 Å². The number of aryl methyl sites for hydroxylation is 1. The Morgan fingerprint density at radius 1 is 1.36 bits per heavy atom. The molecule has 0 spiro atoms. The Balaban J connectivity index is 2.37. The zero-order valence-corrected chi connectivity index (χ0v) is 8.29. The maximum absolute atomic E-state index is 11.5. The molecule has 1 atom stereocenters. The highest BCUT2D eigenvalue weighted by Gasteiger charge is 2.46. The van der Waals surface area contributed by atoms with Crippen molar-refractivity contribution < 1.29 is 9.90 Å². The van der Waals surface area contributed by atoms with Crippen molar-refractivity contribution in [1.29, 1.82) is 0 Å². The van der Waals surface area contributed by atoms with Gasteiger partial charge >= 0.3 is 0 Å².